The van der Waals surface area contributed by atoms with Gasteiger partial charge < -0.3 is 34.8 Å². The number of aryl methyl sites for hydroxylation is 1. The molecule has 4 aliphatic carbocycles. The van der Waals surface area contributed by atoms with E-state index in [1.165, 1.54) is 13.8 Å². The molecule has 15 nitrogen and oxygen atoms in total. The number of Topliss-reactive ketones (excluding diaryl/α,β-unsaturated/α-hetero) is 8. The van der Waals surface area contributed by atoms with Crippen LogP contribution >= 0.6 is 0 Å². The summed E-state index contributed by atoms with van der Waals surface area (Å²) < 4.78 is 2.08. The molecule has 0 fully saturated rings. The van der Waals surface area contributed by atoms with Crippen molar-refractivity contribution < 1.29 is 58.8 Å². The van der Waals surface area contributed by atoms with Crippen molar-refractivity contribution in [3.8, 4) is 0 Å². The van der Waals surface area contributed by atoms with Gasteiger partial charge >= 0.3 is 0 Å². The highest BCUT2D eigenvalue weighted by atomic mass is 16.3. The number of fused-ring (bicyclic) bond motifs is 7. The summed E-state index contributed by atoms with van der Waals surface area (Å²) in [6, 6.07) is 11.2. The number of aliphatic hydroxyl groups excluding tert-OH is 4. The first kappa shape index (κ1) is 47.5. The minimum absolute atomic E-state index is 0.0201. The highest BCUT2D eigenvalue weighted by Gasteiger charge is 2.57. The van der Waals surface area contributed by atoms with Crippen molar-refractivity contribution in [1.29, 1.82) is 0 Å². The van der Waals surface area contributed by atoms with Gasteiger partial charge in [0.15, 0.2) is 0 Å². The molecule has 9 rings (SSSR count). The second-order valence-electron chi connectivity index (χ2n) is 19.7. The van der Waals surface area contributed by atoms with Crippen molar-refractivity contribution in [2.24, 2.45) is 23.7 Å². The number of rotatable bonds is 11. The summed E-state index contributed by atoms with van der Waals surface area (Å²) in [5.41, 5.74) is 4.96. The number of hydrogen-bond donors (Lipinski definition) is 4. The second kappa shape index (κ2) is 16.9. The van der Waals surface area contributed by atoms with Crippen LogP contribution in [0, 0.1) is 23.7 Å². The molecule has 4 N–H and O–H groups in total. The lowest BCUT2D eigenvalue weighted by Gasteiger charge is -2.34. The Morgan fingerprint density at radius 3 is 1.17 bits per heavy atom. The van der Waals surface area contributed by atoms with Crippen LogP contribution in [0.15, 0.2) is 104 Å². The van der Waals surface area contributed by atoms with E-state index >= 15 is 0 Å². The van der Waals surface area contributed by atoms with Crippen molar-refractivity contribution >= 4 is 79.4 Å². The summed E-state index contributed by atoms with van der Waals surface area (Å²) in [7, 11) is 0. The van der Waals surface area contributed by atoms with E-state index in [2.05, 4.69) is 4.57 Å². The van der Waals surface area contributed by atoms with Crippen LogP contribution in [0.4, 0.5) is 11.4 Å². The van der Waals surface area contributed by atoms with Gasteiger partial charge in [-0.05, 0) is 120 Å². The van der Waals surface area contributed by atoms with E-state index in [1.807, 2.05) is 43.3 Å². The molecule has 8 atom stereocenters. The van der Waals surface area contributed by atoms with Crippen LogP contribution in [0.1, 0.15) is 88.0 Å². The maximum absolute atomic E-state index is 14.3. The Morgan fingerprint density at radius 1 is 0.507 bits per heavy atom. The number of nitrogens with zero attached hydrogens (tertiary/aromatic N) is 3. The van der Waals surface area contributed by atoms with Gasteiger partial charge in [-0.1, -0.05) is 13.8 Å². The van der Waals surface area contributed by atoms with Crippen molar-refractivity contribution in [3.63, 3.8) is 0 Å². The van der Waals surface area contributed by atoms with E-state index in [4.69, 9.17) is 0 Å². The number of carbonyl (C=O) groups is 8. The fraction of sp³-hybridized carbons (Fsp3) is 0.407. The Kier molecular flexibility index (Phi) is 11.6. The summed E-state index contributed by atoms with van der Waals surface area (Å²) in [5.74, 6) is -11.5. The number of aliphatic hydroxyl groups is 4. The Labute approximate surface area is 397 Å². The lowest BCUT2D eigenvalue weighted by molar-refractivity contribution is -0.140. The molecular formula is C54H55N3O12. The molecule has 15 heteroatoms. The molecule has 1 aromatic heterocycles. The van der Waals surface area contributed by atoms with Gasteiger partial charge in [-0.3, -0.25) is 38.4 Å². The molecule has 0 amide bonds. The van der Waals surface area contributed by atoms with Crippen molar-refractivity contribution in [2.75, 3.05) is 9.80 Å². The van der Waals surface area contributed by atoms with E-state index in [0.717, 1.165) is 11.0 Å². The lowest BCUT2D eigenvalue weighted by atomic mass is 9.73. The zero-order chi connectivity index (χ0) is 50.1. The Bertz CT molecular complexity index is 2970. The van der Waals surface area contributed by atoms with Crippen molar-refractivity contribution in [3.05, 3.63) is 104 Å². The van der Waals surface area contributed by atoms with Gasteiger partial charge in [0.1, 0.15) is 0 Å². The Balaban J connectivity index is 1.35. The molecule has 6 aliphatic rings. The largest absolute Gasteiger partial charge is 0.393 e. The molecule has 0 bridgehead atoms. The molecule has 3 heterocycles. The minimum atomic E-state index is -1.44. The van der Waals surface area contributed by atoms with Gasteiger partial charge in [-0.2, -0.15) is 0 Å². The number of ketones is 8. The van der Waals surface area contributed by atoms with Gasteiger partial charge in [0.05, 0.1) is 47.6 Å². The lowest BCUT2D eigenvalue weighted by Crippen LogP contribution is -2.40. The van der Waals surface area contributed by atoms with Gasteiger partial charge in [-0.25, -0.2) is 0 Å². The summed E-state index contributed by atoms with van der Waals surface area (Å²) in [5, 5.41) is 44.7. The number of carbonyl (C=O) groups excluding carboxylic acids is 8. The van der Waals surface area contributed by atoms with E-state index < -0.39 is 94.4 Å². The molecule has 358 valence electrons. The summed E-state index contributed by atoms with van der Waals surface area (Å²) in [4.78, 5) is 115. The molecule has 2 aromatic carbocycles. The van der Waals surface area contributed by atoms with Crippen LogP contribution in [0.2, 0.25) is 0 Å². The summed E-state index contributed by atoms with van der Waals surface area (Å²) in [6.45, 7) is 14.9. The van der Waals surface area contributed by atoms with E-state index in [9.17, 15) is 58.8 Å². The average molecular weight is 938 g/mol. The van der Waals surface area contributed by atoms with Crippen molar-refractivity contribution in [2.45, 2.75) is 119 Å². The highest BCUT2D eigenvalue weighted by molar-refractivity contribution is 6.54. The maximum Gasteiger partial charge on any atom is 0.232 e. The average Bonchev–Trinajstić information content (AvgIpc) is 3.95. The fourth-order valence-electron chi connectivity index (χ4n) is 11.7. The van der Waals surface area contributed by atoms with Crippen LogP contribution < -0.4 is 9.80 Å². The normalized spacial score (nSPS) is 25.1. The predicted molar refractivity (Wildman–Crippen MR) is 254 cm³/mol. The molecule has 3 aromatic rings. The highest BCUT2D eigenvalue weighted by Crippen LogP contribution is 2.55. The molecular weight excluding hydrogens is 883 g/mol. The van der Waals surface area contributed by atoms with Crippen LogP contribution in [-0.4, -0.2) is 95.7 Å². The zero-order valence-corrected chi connectivity index (χ0v) is 40.0. The first-order valence-corrected chi connectivity index (χ1v) is 23.6. The van der Waals surface area contributed by atoms with Crippen LogP contribution in [0.25, 0.3) is 21.8 Å². The fourth-order valence-corrected chi connectivity index (χ4v) is 11.7. The van der Waals surface area contributed by atoms with Crippen LogP contribution in [-0.2, 0) is 44.9 Å². The molecule has 69 heavy (non-hydrogen) atoms. The van der Waals surface area contributed by atoms with Gasteiger partial charge in [-0.15, -0.1) is 0 Å². The standard InChI is InChI=1S/C54H55N3O12/c1-10-55-37-13-11-29(56-43-31(15-21(2)58)25(6)47(62)51(66)39(43)40-44(56)32(16-22(3)59)26(7)48(63)52(40)67)19-35(37)36-20-30(12-14-38(36)55)57-45-33(17-23(4)60)27(8)49(64)53(68)41(45)42-46(57)34(18-24(5)61)28(9)50(65)54(42)69/h11-14,19-25,27,39,41,58-61H,10,15-18H2,1-9H3. The van der Waals surface area contributed by atoms with E-state index in [-0.39, 0.29) is 59.4 Å². The van der Waals surface area contributed by atoms with Crippen molar-refractivity contribution in [1.82, 2.24) is 4.57 Å². The van der Waals surface area contributed by atoms with E-state index in [0.29, 0.717) is 62.4 Å². The molecule has 0 saturated heterocycles. The minimum Gasteiger partial charge on any atom is -0.393 e. The van der Waals surface area contributed by atoms with Gasteiger partial charge in [0, 0.05) is 98.1 Å². The number of aromatic nitrogens is 1. The van der Waals surface area contributed by atoms with Crippen LogP contribution in [0.5, 0.6) is 0 Å². The molecule has 0 saturated carbocycles. The number of hydrogen-bond acceptors (Lipinski definition) is 14. The predicted octanol–water partition coefficient (Wildman–Crippen LogP) is 5.30. The Morgan fingerprint density at radius 2 is 0.855 bits per heavy atom. The number of allylic oxidation sites excluding steroid dienone is 6. The number of anilines is 2. The van der Waals surface area contributed by atoms with Gasteiger partial charge in [0.25, 0.3) is 0 Å². The SMILES string of the molecule is CCn1c2ccc(N3C4=C(C(=O)C(=O)C(C)=C4CC(C)O)C4C(=O)C(=O)C(C)C(CC(C)O)=C43)cc2c2cc(N3C4=C(C(=O)C(=O)C(C)=C4CC(C)O)C4C(=O)C(=O)C(C)C(CC(C)O)=C43)ccc21. The number of benzene rings is 2. The smallest absolute Gasteiger partial charge is 0.232 e. The molecule has 8 unspecified atom stereocenters. The van der Waals surface area contributed by atoms with Gasteiger partial charge in [0.2, 0.25) is 46.3 Å². The summed E-state index contributed by atoms with van der Waals surface area (Å²) >= 11 is 0. The first-order chi connectivity index (χ1) is 32.5. The molecule has 0 spiro atoms. The third-order valence-electron chi connectivity index (χ3n) is 14.8. The quantitative estimate of drug-likeness (QED) is 0.141. The first-order valence-electron chi connectivity index (χ1n) is 23.6. The van der Waals surface area contributed by atoms with Crippen LogP contribution in [0.3, 0.4) is 0 Å². The van der Waals surface area contributed by atoms with E-state index in [1.54, 1.807) is 51.3 Å². The maximum atomic E-state index is 14.3. The third kappa shape index (κ3) is 6.91. The Hall–Kier alpha value is -6.52. The monoisotopic (exact) mass is 937 g/mol. The zero-order valence-electron chi connectivity index (χ0n) is 40.0. The summed E-state index contributed by atoms with van der Waals surface area (Å²) in [6.07, 6.45) is -4.02. The molecule has 0 radical (unpaired) electrons. The second-order valence-corrected chi connectivity index (χ2v) is 19.7. The topological polar surface area (TPSA) is 229 Å². The third-order valence-corrected chi connectivity index (χ3v) is 14.8. The molecule has 2 aliphatic heterocycles.